The average Bonchev–Trinajstić information content (AvgIpc) is 3.31. The number of carbonyl (C=O) groups excluding carboxylic acids is 2. The zero-order chi connectivity index (χ0) is 18.5. The molecule has 26 heavy (non-hydrogen) atoms. The van der Waals surface area contributed by atoms with Crippen LogP contribution >= 0.6 is 0 Å². The Kier molecular flexibility index (Phi) is 6.92. The Morgan fingerprint density at radius 2 is 1.88 bits per heavy atom. The number of likely N-dealkylation sites (tertiary alicyclic amines) is 1. The predicted molar refractivity (Wildman–Crippen MR) is 103 cm³/mol. The molecule has 0 bridgehead atoms. The first kappa shape index (κ1) is 19.6. The van der Waals surface area contributed by atoms with Crippen molar-refractivity contribution in [3.05, 3.63) is 0 Å². The monoisotopic (exact) mass is 364 g/mol. The molecule has 1 unspecified atom stereocenters. The largest absolute Gasteiger partial charge is 0.354 e. The lowest BCUT2D eigenvalue weighted by Crippen LogP contribution is -2.54. The number of amides is 2. The Hall–Kier alpha value is -1.14. The number of nitrogens with two attached hydrogens (primary N) is 1. The zero-order valence-electron chi connectivity index (χ0n) is 16.2. The van der Waals surface area contributed by atoms with Crippen LogP contribution in [0.3, 0.4) is 0 Å². The van der Waals surface area contributed by atoms with Crippen molar-refractivity contribution in [2.75, 3.05) is 13.1 Å². The molecule has 1 saturated carbocycles. The number of hydrogen-bond donors (Lipinski definition) is 3. The van der Waals surface area contributed by atoms with Crippen LogP contribution in [0.5, 0.6) is 0 Å². The second kappa shape index (κ2) is 9.18. The Balaban J connectivity index is 1.58. The van der Waals surface area contributed by atoms with Gasteiger partial charge in [0.2, 0.25) is 11.8 Å². The average molecular weight is 365 g/mol. The molecule has 1 aliphatic carbocycles. The summed E-state index contributed by atoms with van der Waals surface area (Å²) in [4.78, 5) is 27.9. The van der Waals surface area contributed by atoms with Crippen molar-refractivity contribution < 1.29 is 9.59 Å². The van der Waals surface area contributed by atoms with E-state index in [0.29, 0.717) is 12.0 Å². The summed E-state index contributed by atoms with van der Waals surface area (Å²) in [6, 6.07) is 0.173. The maximum atomic E-state index is 13.1. The lowest BCUT2D eigenvalue weighted by molar-refractivity contribution is -0.142. The molecule has 4 N–H and O–H groups in total. The summed E-state index contributed by atoms with van der Waals surface area (Å²) in [6.45, 7) is 3.78. The van der Waals surface area contributed by atoms with Gasteiger partial charge in [0.05, 0.1) is 6.04 Å². The van der Waals surface area contributed by atoms with Gasteiger partial charge >= 0.3 is 0 Å². The first-order valence-corrected chi connectivity index (χ1v) is 10.7. The predicted octanol–water partition coefficient (Wildman–Crippen LogP) is 1.53. The minimum absolute atomic E-state index is 0.0461. The van der Waals surface area contributed by atoms with E-state index in [9.17, 15) is 9.59 Å². The van der Waals surface area contributed by atoms with Gasteiger partial charge in [-0.2, -0.15) is 0 Å². The van der Waals surface area contributed by atoms with Crippen LogP contribution in [0.4, 0.5) is 0 Å². The lowest BCUT2D eigenvalue weighted by Gasteiger charge is -2.32. The summed E-state index contributed by atoms with van der Waals surface area (Å²) in [5, 5.41) is 6.46. The smallest absolute Gasteiger partial charge is 0.242 e. The molecule has 0 aromatic heterocycles. The van der Waals surface area contributed by atoms with Gasteiger partial charge in [-0.1, -0.05) is 13.3 Å². The van der Waals surface area contributed by atoms with Gasteiger partial charge in [0.25, 0.3) is 0 Å². The molecule has 3 fully saturated rings. The fraction of sp³-hybridized carbons (Fsp3) is 0.900. The SMILES string of the molecule is CCCC1CC[C@@H](C(=O)NCC2CCC(N)CC2)N1C(=O)[C@H]1CCCN1. The first-order chi connectivity index (χ1) is 12.6. The fourth-order valence-electron chi connectivity index (χ4n) is 4.92. The molecule has 0 radical (unpaired) electrons. The van der Waals surface area contributed by atoms with E-state index < -0.39 is 0 Å². The van der Waals surface area contributed by atoms with Crippen LogP contribution in [-0.2, 0) is 9.59 Å². The molecule has 0 aromatic rings. The highest BCUT2D eigenvalue weighted by atomic mass is 16.2. The molecular weight excluding hydrogens is 328 g/mol. The zero-order valence-corrected chi connectivity index (χ0v) is 16.2. The second-order valence-electron chi connectivity index (χ2n) is 8.46. The number of nitrogens with one attached hydrogen (secondary N) is 2. The third-order valence-electron chi connectivity index (χ3n) is 6.50. The Bertz CT molecular complexity index is 484. The van der Waals surface area contributed by atoms with Gasteiger partial charge in [0.1, 0.15) is 6.04 Å². The van der Waals surface area contributed by atoms with Crippen LogP contribution in [0.2, 0.25) is 0 Å². The summed E-state index contributed by atoms with van der Waals surface area (Å²) in [5.74, 6) is 0.722. The third-order valence-corrected chi connectivity index (χ3v) is 6.50. The first-order valence-electron chi connectivity index (χ1n) is 10.7. The van der Waals surface area contributed by atoms with Crippen LogP contribution in [0.15, 0.2) is 0 Å². The Labute approximate surface area is 157 Å². The normalized spacial score (nSPS) is 34.8. The van der Waals surface area contributed by atoms with Crippen LogP contribution in [0, 0.1) is 5.92 Å². The van der Waals surface area contributed by atoms with E-state index in [2.05, 4.69) is 17.6 Å². The summed E-state index contributed by atoms with van der Waals surface area (Å²) in [5.41, 5.74) is 5.97. The molecule has 2 aliphatic heterocycles. The molecule has 148 valence electrons. The highest BCUT2D eigenvalue weighted by Crippen LogP contribution is 2.30. The summed E-state index contributed by atoms with van der Waals surface area (Å²) >= 11 is 0. The number of carbonyl (C=O) groups is 2. The van der Waals surface area contributed by atoms with Gasteiger partial charge in [-0.15, -0.1) is 0 Å². The van der Waals surface area contributed by atoms with E-state index in [1.807, 2.05) is 4.90 Å². The van der Waals surface area contributed by atoms with Crippen molar-refractivity contribution in [1.82, 2.24) is 15.5 Å². The van der Waals surface area contributed by atoms with E-state index in [-0.39, 0.29) is 29.9 Å². The maximum Gasteiger partial charge on any atom is 0.242 e. The maximum absolute atomic E-state index is 13.1. The Morgan fingerprint density at radius 3 is 2.54 bits per heavy atom. The van der Waals surface area contributed by atoms with E-state index >= 15 is 0 Å². The summed E-state index contributed by atoms with van der Waals surface area (Å²) < 4.78 is 0. The number of hydrogen-bond acceptors (Lipinski definition) is 4. The minimum atomic E-state index is -0.285. The van der Waals surface area contributed by atoms with Crippen molar-refractivity contribution in [3.63, 3.8) is 0 Å². The molecule has 2 heterocycles. The molecule has 0 spiro atoms. The van der Waals surface area contributed by atoms with Crippen molar-refractivity contribution in [1.29, 1.82) is 0 Å². The highest BCUT2D eigenvalue weighted by Gasteiger charge is 2.42. The van der Waals surface area contributed by atoms with Gasteiger partial charge in [0, 0.05) is 18.6 Å². The summed E-state index contributed by atoms with van der Waals surface area (Å²) in [6.07, 6.45) is 10.0. The van der Waals surface area contributed by atoms with E-state index in [1.165, 1.54) is 0 Å². The van der Waals surface area contributed by atoms with Crippen LogP contribution in [-0.4, -0.2) is 54.0 Å². The van der Waals surface area contributed by atoms with Crippen LogP contribution < -0.4 is 16.4 Å². The third kappa shape index (κ3) is 4.58. The molecular formula is C20H36N4O2. The van der Waals surface area contributed by atoms with Crippen LogP contribution in [0.1, 0.15) is 71.1 Å². The van der Waals surface area contributed by atoms with E-state index in [0.717, 1.165) is 77.3 Å². The van der Waals surface area contributed by atoms with Gasteiger partial charge < -0.3 is 21.3 Å². The molecule has 3 aliphatic rings. The number of rotatable bonds is 6. The fourth-order valence-corrected chi connectivity index (χ4v) is 4.92. The van der Waals surface area contributed by atoms with E-state index in [4.69, 9.17) is 5.73 Å². The van der Waals surface area contributed by atoms with Gasteiger partial charge in [0.15, 0.2) is 0 Å². The minimum Gasteiger partial charge on any atom is -0.354 e. The van der Waals surface area contributed by atoms with Crippen molar-refractivity contribution in [3.8, 4) is 0 Å². The van der Waals surface area contributed by atoms with Gasteiger partial charge in [-0.05, 0) is 70.3 Å². The molecule has 6 nitrogen and oxygen atoms in total. The van der Waals surface area contributed by atoms with Gasteiger partial charge in [-0.3, -0.25) is 9.59 Å². The van der Waals surface area contributed by atoms with Crippen LogP contribution in [0.25, 0.3) is 0 Å². The van der Waals surface area contributed by atoms with Crippen molar-refractivity contribution >= 4 is 11.8 Å². The molecule has 2 saturated heterocycles. The standard InChI is InChI=1S/C20H36N4O2/c1-2-4-16-10-11-18(24(16)20(26)17-5-3-12-22-17)19(25)23-13-14-6-8-15(21)9-7-14/h14-18,22H,2-13,21H2,1H3,(H,23,25)/t14?,15?,16?,17-,18+/m1/s1. The molecule has 3 atom stereocenters. The molecule has 3 rings (SSSR count). The topological polar surface area (TPSA) is 87.5 Å². The van der Waals surface area contributed by atoms with E-state index in [1.54, 1.807) is 0 Å². The van der Waals surface area contributed by atoms with Gasteiger partial charge in [-0.25, -0.2) is 0 Å². The number of nitrogens with zero attached hydrogens (tertiary/aromatic N) is 1. The van der Waals surface area contributed by atoms with Crippen molar-refractivity contribution in [2.45, 2.75) is 95.3 Å². The second-order valence-corrected chi connectivity index (χ2v) is 8.46. The quantitative estimate of drug-likeness (QED) is 0.667. The highest BCUT2D eigenvalue weighted by molar-refractivity contribution is 5.90. The Morgan fingerprint density at radius 1 is 1.12 bits per heavy atom. The lowest BCUT2D eigenvalue weighted by atomic mass is 9.86. The summed E-state index contributed by atoms with van der Waals surface area (Å²) in [7, 11) is 0. The molecule has 0 aromatic carbocycles. The molecule has 2 amide bonds. The van der Waals surface area contributed by atoms with Crippen molar-refractivity contribution in [2.24, 2.45) is 11.7 Å². The molecule has 6 heteroatoms.